The molecule has 0 bridgehead atoms. The fraction of sp³-hybridized carbons (Fsp3) is 0.468. The van der Waals surface area contributed by atoms with Crippen molar-refractivity contribution in [1.29, 1.82) is 0 Å². The van der Waals surface area contributed by atoms with Gasteiger partial charge in [0.15, 0.2) is 0 Å². The Bertz CT molecular complexity index is 2190. The number of fused-ring (bicyclic) bond motifs is 7. The summed E-state index contributed by atoms with van der Waals surface area (Å²) < 4.78 is 6.73. The van der Waals surface area contributed by atoms with Crippen molar-refractivity contribution in [2.24, 2.45) is 5.92 Å². The van der Waals surface area contributed by atoms with Gasteiger partial charge in [-0.1, -0.05) is 137 Å². The van der Waals surface area contributed by atoms with E-state index in [2.05, 4.69) is 167 Å². The van der Waals surface area contributed by atoms with Crippen molar-refractivity contribution >= 4 is 43.5 Å². The van der Waals surface area contributed by atoms with E-state index < -0.39 is 0 Å². The van der Waals surface area contributed by atoms with Gasteiger partial charge in [0.05, 0.1) is 0 Å². The molecule has 276 valence electrons. The third-order valence-electron chi connectivity index (χ3n) is 10.6. The Balaban J connectivity index is 0.000000349. The van der Waals surface area contributed by atoms with Crippen molar-refractivity contribution in [2.75, 3.05) is 0 Å². The summed E-state index contributed by atoms with van der Waals surface area (Å²) >= 11 is 0. The zero-order valence-corrected chi connectivity index (χ0v) is 36.1. The molecule has 0 fully saturated rings. The van der Waals surface area contributed by atoms with Crippen LogP contribution in [0.2, 0.25) is 0 Å². The Kier molecular flexibility index (Phi) is 11.6. The minimum atomic E-state index is 0. The monoisotopic (exact) mass is 873 g/mol. The predicted octanol–water partition coefficient (Wildman–Crippen LogP) is 13.9. The van der Waals surface area contributed by atoms with Crippen molar-refractivity contribution < 1.29 is 24.5 Å². The molecule has 0 saturated carbocycles. The first-order valence-corrected chi connectivity index (χ1v) is 19.0. The number of aromatic nitrogens is 1. The van der Waals surface area contributed by atoms with E-state index in [1.807, 2.05) is 6.20 Å². The van der Waals surface area contributed by atoms with Gasteiger partial charge < -0.3 is 15.1 Å². The normalized spacial score (nSPS) is 15.5. The molecule has 2 aromatic heterocycles. The van der Waals surface area contributed by atoms with Crippen molar-refractivity contribution in [1.82, 2.24) is 4.98 Å². The van der Waals surface area contributed by atoms with Gasteiger partial charge in [0, 0.05) is 28.2 Å². The molecule has 0 unspecified atom stereocenters. The molecule has 0 amide bonds. The Labute approximate surface area is 326 Å². The van der Waals surface area contributed by atoms with Crippen molar-refractivity contribution in [2.45, 2.75) is 137 Å². The van der Waals surface area contributed by atoms with Crippen LogP contribution in [-0.4, -0.2) is 23.2 Å². The summed E-state index contributed by atoms with van der Waals surface area (Å²) in [5.74, 6) is 0.523. The van der Waals surface area contributed by atoms with Crippen molar-refractivity contribution in [3.63, 3.8) is 0 Å². The third-order valence-corrected chi connectivity index (χ3v) is 10.6. The molecule has 2 heterocycles. The second-order valence-electron chi connectivity index (χ2n) is 18.0. The molecule has 0 spiro atoms. The first-order valence-electron chi connectivity index (χ1n) is 19.0. The maximum Gasteiger partial charge on any atom is 3.00 e. The average molecular weight is 873 g/mol. The summed E-state index contributed by atoms with van der Waals surface area (Å²) in [7, 11) is 0. The van der Waals surface area contributed by atoms with Crippen LogP contribution >= 0.6 is 0 Å². The van der Waals surface area contributed by atoms with E-state index in [-0.39, 0.29) is 42.5 Å². The molecule has 1 aliphatic rings. The summed E-state index contributed by atoms with van der Waals surface area (Å²) in [5, 5.41) is 16.1. The molecule has 0 radical (unpaired) electrons. The van der Waals surface area contributed by atoms with Gasteiger partial charge in [-0.3, -0.25) is 4.98 Å². The summed E-state index contributed by atoms with van der Waals surface area (Å²) in [6.07, 6.45) is 4.45. The van der Waals surface area contributed by atoms with Crippen LogP contribution in [0.5, 0.6) is 0 Å². The number of furan rings is 1. The van der Waals surface area contributed by atoms with Crippen molar-refractivity contribution in [3.8, 4) is 11.3 Å². The summed E-state index contributed by atoms with van der Waals surface area (Å²) in [6, 6.07) is 26.6. The van der Waals surface area contributed by atoms with Crippen LogP contribution in [0.4, 0.5) is 0 Å². The number of rotatable bonds is 6. The van der Waals surface area contributed by atoms with Gasteiger partial charge in [-0.25, -0.2) is 6.17 Å². The number of hydrogen-bond donors (Lipinski definition) is 0. The van der Waals surface area contributed by atoms with E-state index >= 15 is 0 Å². The Morgan fingerprint density at radius 1 is 0.750 bits per heavy atom. The van der Waals surface area contributed by atoms with Crippen LogP contribution in [0, 0.1) is 12.0 Å². The number of nitrogens with zero attached hydrogens (tertiary/aromatic N) is 3. The average Bonchev–Trinajstić information content (AvgIpc) is 3.41. The maximum atomic E-state index is 6.73. The molecule has 4 aromatic carbocycles. The Morgan fingerprint density at radius 3 is 2.04 bits per heavy atom. The van der Waals surface area contributed by atoms with Gasteiger partial charge in [-0.15, -0.1) is 41.2 Å². The van der Waals surface area contributed by atoms with E-state index in [9.17, 15) is 0 Å². The van der Waals surface area contributed by atoms with Crippen LogP contribution in [0.3, 0.4) is 0 Å². The molecule has 0 saturated heterocycles. The van der Waals surface area contributed by atoms with Crippen LogP contribution < -0.4 is 0 Å². The molecule has 7 rings (SSSR count). The fourth-order valence-corrected chi connectivity index (χ4v) is 7.81. The molecule has 0 N–H and O–H groups in total. The van der Waals surface area contributed by atoms with Crippen LogP contribution in [0.25, 0.3) is 65.4 Å². The Hall–Kier alpha value is -3.08. The number of pyridine rings is 1. The zero-order valence-electron chi connectivity index (χ0n) is 33.7. The van der Waals surface area contributed by atoms with Gasteiger partial charge in [0.1, 0.15) is 11.2 Å². The minimum Gasteiger partial charge on any atom is -0.675 e. The number of hydrogen-bond acceptors (Lipinski definition) is 2. The minimum absolute atomic E-state index is 0. The van der Waals surface area contributed by atoms with E-state index in [0.717, 1.165) is 50.4 Å². The molecule has 0 atom stereocenters. The predicted molar refractivity (Wildman–Crippen MR) is 220 cm³/mol. The molecule has 1 aliphatic carbocycles. The summed E-state index contributed by atoms with van der Waals surface area (Å²) in [4.78, 5) is 4.93. The zero-order chi connectivity index (χ0) is 37.0. The van der Waals surface area contributed by atoms with E-state index in [0.29, 0.717) is 18.0 Å². The molecular weight excluding hydrogens is 815 g/mol. The quantitative estimate of drug-likeness (QED) is 0.157. The molecule has 52 heavy (non-hydrogen) atoms. The molecule has 5 heteroatoms. The van der Waals surface area contributed by atoms with E-state index in [1.54, 1.807) is 0 Å². The first kappa shape index (κ1) is 40.1. The van der Waals surface area contributed by atoms with Crippen LogP contribution in [0.1, 0.15) is 120 Å². The summed E-state index contributed by atoms with van der Waals surface area (Å²) in [6.45, 7) is 29.1. The van der Waals surface area contributed by atoms with Gasteiger partial charge in [0.2, 0.25) is 0 Å². The fourth-order valence-electron chi connectivity index (χ4n) is 7.81. The van der Waals surface area contributed by atoms with E-state index in [1.165, 1.54) is 33.9 Å². The number of benzene rings is 4. The van der Waals surface area contributed by atoms with Gasteiger partial charge in [0.25, 0.3) is 0 Å². The van der Waals surface area contributed by atoms with Gasteiger partial charge in [-0.05, 0) is 63.6 Å². The summed E-state index contributed by atoms with van der Waals surface area (Å²) in [5.41, 5.74) is 8.36. The van der Waals surface area contributed by atoms with Gasteiger partial charge in [-0.2, -0.15) is 0 Å². The van der Waals surface area contributed by atoms with Crippen molar-refractivity contribution in [3.05, 3.63) is 100 Å². The van der Waals surface area contributed by atoms with Crippen LogP contribution in [-0.2, 0) is 36.4 Å². The molecular formula is C47H58IrN3O. The second-order valence-corrected chi connectivity index (χ2v) is 18.0. The van der Waals surface area contributed by atoms with Crippen LogP contribution in [0.15, 0.2) is 71.3 Å². The second kappa shape index (κ2) is 15.0. The SMILES string of the molecule is CC(C)(C)c1cc(-c2nccc3cc4oc5c6c(ccc5c4cc23)C(C)(C)CCC6(C)C)[c-]c2ccccc12.CC(C)[N-]C([N-]C(C)C)C(C)C.[Ir+3]. The van der Waals surface area contributed by atoms with Gasteiger partial charge >= 0.3 is 20.1 Å². The third kappa shape index (κ3) is 7.90. The molecule has 6 aromatic rings. The van der Waals surface area contributed by atoms with E-state index in [4.69, 9.17) is 9.40 Å². The largest absolute Gasteiger partial charge is 3.00 e. The Morgan fingerprint density at radius 2 is 1.40 bits per heavy atom. The molecule has 0 aliphatic heterocycles. The molecule has 4 nitrogen and oxygen atoms in total. The first-order chi connectivity index (χ1) is 23.9. The topological polar surface area (TPSA) is 54.2 Å². The standard InChI is InChI=1S/C37H36NO.C10H22N2.Ir/c1-35(2,3)30-19-24(18-22-10-8-9-11-25(22)30)33-27-21-28-26-12-13-29-32(37(6,7)16-15-36(29,4)5)34(26)39-31(28)20-23(27)14-17-38-33;1-7(2)10(11-8(3)4)12-9(5)6;/h8-14,17,19-21H,15-16H2,1-7H3;7-10H,1-6H3;/q-1;-2;+3. The maximum absolute atomic E-state index is 6.73. The smallest absolute Gasteiger partial charge is 0.675 e.